The highest BCUT2D eigenvalue weighted by molar-refractivity contribution is 5.98. The van der Waals surface area contributed by atoms with Crippen LogP contribution >= 0.6 is 0 Å². The third-order valence-corrected chi connectivity index (χ3v) is 4.13. The highest BCUT2D eigenvalue weighted by Crippen LogP contribution is 2.30. The van der Waals surface area contributed by atoms with Gasteiger partial charge in [-0.05, 0) is 37.0 Å². The standard InChI is InChI=1S/C16H18F3NO3/c17-16(18,19)10-7-11-3-5-12(6-4-11)13(21)20-15(14(22)23)8-1-2-9-15/h3-6H,1-2,7-10H2,(H,20,21)(H,22,23). The van der Waals surface area contributed by atoms with Crippen molar-refractivity contribution in [2.24, 2.45) is 0 Å². The Labute approximate surface area is 131 Å². The van der Waals surface area contributed by atoms with E-state index in [-0.39, 0.29) is 12.0 Å². The van der Waals surface area contributed by atoms with Crippen molar-refractivity contribution in [2.45, 2.75) is 50.2 Å². The molecule has 1 amide bonds. The Morgan fingerprint density at radius 3 is 2.17 bits per heavy atom. The number of carboxylic acid groups (broad SMARTS) is 1. The minimum absolute atomic E-state index is 0.148. The fourth-order valence-electron chi connectivity index (χ4n) is 2.77. The number of hydrogen-bond donors (Lipinski definition) is 2. The molecule has 2 rings (SSSR count). The topological polar surface area (TPSA) is 66.4 Å². The fraction of sp³-hybridized carbons (Fsp3) is 0.500. The van der Waals surface area contributed by atoms with Crippen molar-refractivity contribution in [3.63, 3.8) is 0 Å². The number of halogens is 3. The van der Waals surface area contributed by atoms with Gasteiger partial charge >= 0.3 is 12.1 Å². The van der Waals surface area contributed by atoms with E-state index in [9.17, 15) is 27.9 Å². The molecular weight excluding hydrogens is 311 g/mol. The maximum atomic E-state index is 12.2. The maximum Gasteiger partial charge on any atom is 0.389 e. The zero-order chi connectivity index (χ0) is 17.1. The van der Waals surface area contributed by atoms with E-state index in [1.165, 1.54) is 24.3 Å². The van der Waals surface area contributed by atoms with Gasteiger partial charge in [-0.25, -0.2) is 4.79 Å². The Morgan fingerprint density at radius 1 is 1.13 bits per heavy atom. The average molecular weight is 329 g/mol. The Morgan fingerprint density at radius 2 is 1.70 bits per heavy atom. The molecule has 1 fully saturated rings. The molecule has 0 aliphatic heterocycles. The number of carboxylic acids is 1. The zero-order valence-corrected chi connectivity index (χ0v) is 12.4. The summed E-state index contributed by atoms with van der Waals surface area (Å²) < 4.78 is 36.5. The third-order valence-electron chi connectivity index (χ3n) is 4.13. The molecule has 0 bridgehead atoms. The number of amides is 1. The van der Waals surface area contributed by atoms with Gasteiger partial charge in [0.1, 0.15) is 5.54 Å². The summed E-state index contributed by atoms with van der Waals surface area (Å²) in [5.74, 6) is -1.57. The molecular formula is C16H18F3NO3. The first kappa shape index (κ1) is 17.3. The molecule has 2 N–H and O–H groups in total. The van der Waals surface area contributed by atoms with Crippen molar-refractivity contribution in [2.75, 3.05) is 0 Å². The van der Waals surface area contributed by atoms with E-state index in [1.807, 2.05) is 0 Å². The van der Waals surface area contributed by atoms with E-state index in [0.29, 0.717) is 18.4 Å². The van der Waals surface area contributed by atoms with E-state index in [1.54, 1.807) is 0 Å². The van der Waals surface area contributed by atoms with E-state index < -0.39 is 30.0 Å². The SMILES string of the molecule is O=C(NC1(C(=O)O)CCCC1)c1ccc(CCC(F)(F)F)cc1. The van der Waals surface area contributed by atoms with Crippen molar-refractivity contribution < 1.29 is 27.9 Å². The third kappa shape index (κ3) is 4.46. The monoisotopic (exact) mass is 329 g/mol. The molecule has 1 aliphatic rings. The van der Waals surface area contributed by atoms with Gasteiger partial charge in [-0.3, -0.25) is 4.79 Å². The lowest BCUT2D eigenvalue weighted by Crippen LogP contribution is -2.52. The van der Waals surface area contributed by atoms with Crippen molar-refractivity contribution in [1.29, 1.82) is 0 Å². The van der Waals surface area contributed by atoms with Gasteiger partial charge in [0.15, 0.2) is 0 Å². The van der Waals surface area contributed by atoms with Gasteiger partial charge in [0.05, 0.1) is 0 Å². The molecule has 1 aliphatic carbocycles. The largest absolute Gasteiger partial charge is 0.480 e. The lowest BCUT2D eigenvalue weighted by molar-refractivity contribution is -0.144. The summed E-state index contributed by atoms with van der Waals surface area (Å²) >= 11 is 0. The summed E-state index contributed by atoms with van der Waals surface area (Å²) in [4.78, 5) is 23.6. The van der Waals surface area contributed by atoms with Crippen molar-refractivity contribution in [1.82, 2.24) is 5.32 Å². The molecule has 0 atom stereocenters. The Kier molecular flexibility index (Phi) is 4.97. The number of alkyl halides is 3. The quantitative estimate of drug-likeness (QED) is 0.871. The van der Waals surface area contributed by atoms with Crippen LogP contribution in [0.1, 0.15) is 48.0 Å². The predicted molar refractivity (Wildman–Crippen MR) is 77.1 cm³/mol. The molecule has 126 valence electrons. The van der Waals surface area contributed by atoms with Gasteiger partial charge in [-0.2, -0.15) is 13.2 Å². The van der Waals surface area contributed by atoms with Crippen molar-refractivity contribution >= 4 is 11.9 Å². The average Bonchev–Trinajstić information content (AvgIpc) is 2.95. The first-order chi connectivity index (χ1) is 10.7. The van der Waals surface area contributed by atoms with Gasteiger partial charge < -0.3 is 10.4 Å². The lowest BCUT2D eigenvalue weighted by Gasteiger charge is -2.25. The van der Waals surface area contributed by atoms with E-state index >= 15 is 0 Å². The van der Waals surface area contributed by atoms with Crippen LogP contribution in [0.3, 0.4) is 0 Å². The summed E-state index contributed by atoms with van der Waals surface area (Å²) in [7, 11) is 0. The smallest absolute Gasteiger partial charge is 0.389 e. The Hall–Kier alpha value is -2.05. The maximum absolute atomic E-state index is 12.2. The van der Waals surface area contributed by atoms with Crippen LogP contribution in [-0.4, -0.2) is 28.7 Å². The fourth-order valence-corrected chi connectivity index (χ4v) is 2.77. The van der Waals surface area contributed by atoms with Gasteiger partial charge in [-0.15, -0.1) is 0 Å². The number of carbonyl (C=O) groups is 2. The number of carbonyl (C=O) groups excluding carboxylic acids is 1. The van der Waals surface area contributed by atoms with Crippen LogP contribution < -0.4 is 5.32 Å². The van der Waals surface area contributed by atoms with Crippen LogP contribution in [0.2, 0.25) is 0 Å². The van der Waals surface area contributed by atoms with E-state index in [2.05, 4.69) is 5.32 Å². The summed E-state index contributed by atoms with van der Waals surface area (Å²) in [5.41, 5.74) is -0.507. The zero-order valence-electron chi connectivity index (χ0n) is 12.4. The highest BCUT2D eigenvalue weighted by Gasteiger charge is 2.42. The van der Waals surface area contributed by atoms with Gasteiger partial charge in [-0.1, -0.05) is 25.0 Å². The second-order valence-electron chi connectivity index (χ2n) is 5.86. The number of hydrogen-bond acceptors (Lipinski definition) is 2. The Bertz CT molecular complexity index is 575. The van der Waals surface area contributed by atoms with Crippen LogP contribution in [0.5, 0.6) is 0 Å². The van der Waals surface area contributed by atoms with Crippen LogP contribution in [0.25, 0.3) is 0 Å². The lowest BCUT2D eigenvalue weighted by atomic mass is 9.97. The predicted octanol–water partition coefficient (Wildman–Crippen LogP) is 3.31. The number of aliphatic carboxylic acids is 1. The molecule has 1 aromatic rings. The second kappa shape index (κ2) is 6.60. The molecule has 23 heavy (non-hydrogen) atoms. The molecule has 0 radical (unpaired) electrons. The van der Waals surface area contributed by atoms with E-state index in [4.69, 9.17) is 0 Å². The molecule has 0 aromatic heterocycles. The first-order valence-corrected chi connectivity index (χ1v) is 7.43. The van der Waals surface area contributed by atoms with Gasteiger partial charge in [0.25, 0.3) is 5.91 Å². The molecule has 0 heterocycles. The summed E-state index contributed by atoms with van der Waals surface area (Å²) in [6, 6.07) is 5.77. The number of aryl methyl sites for hydroxylation is 1. The van der Waals surface area contributed by atoms with Gasteiger partial charge in [0.2, 0.25) is 0 Å². The molecule has 0 saturated heterocycles. The molecule has 4 nitrogen and oxygen atoms in total. The normalized spacial score (nSPS) is 17.0. The van der Waals surface area contributed by atoms with Gasteiger partial charge in [0, 0.05) is 12.0 Å². The van der Waals surface area contributed by atoms with Crippen LogP contribution in [0, 0.1) is 0 Å². The molecule has 7 heteroatoms. The van der Waals surface area contributed by atoms with Crippen molar-refractivity contribution in [3.05, 3.63) is 35.4 Å². The minimum atomic E-state index is -4.22. The summed E-state index contributed by atoms with van der Waals surface area (Å²) in [6.07, 6.45) is -3.03. The Balaban J connectivity index is 2.01. The second-order valence-corrected chi connectivity index (χ2v) is 5.86. The molecule has 1 aromatic carbocycles. The van der Waals surface area contributed by atoms with Crippen LogP contribution in [0.15, 0.2) is 24.3 Å². The number of nitrogens with one attached hydrogen (secondary N) is 1. The van der Waals surface area contributed by atoms with Crippen LogP contribution in [0.4, 0.5) is 13.2 Å². The molecule has 0 spiro atoms. The highest BCUT2D eigenvalue weighted by atomic mass is 19.4. The summed E-state index contributed by atoms with van der Waals surface area (Å²) in [5, 5.41) is 11.9. The van der Waals surface area contributed by atoms with Crippen molar-refractivity contribution in [3.8, 4) is 0 Å². The number of rotatable bonds is 5. The molecule has 0 unspecified atom stereocenters. The number of benzene rings is 1. The van der Waals surface area contributed by atoms with Crippen LogP contribution in [-0.2, 0) is 11.2 Å². The summed E-state index contributed by atoms with van der Waals surface area (Å²) in [6.45, 7) is 0. The minimum Gasteiger partial charge on any atom is -0.480 e. The first-order valence-electron chi connectivity index (χ1n) is 7.43. The van der Waals surface area contributed by atoms with E-state index in [0.717, 1.165) is 12.8 Å². The molecule has 1 saturated carbocycles.